The van der Waals surface area contributed by atoms with Gasteiger partial charge in [0.25, 0.3) is 0 Å². The predicted molar refractivity (Wildman–Crippen MR) is 115 cm³/mol. The Kier molecular flexibility index (Phi) is 5.51. The maximum atomic E-state index is 15.0. The highest BCUT2D eigenvalue weighted by molar-refractivity contribution is 6.38. The Balaban J connectivity index is 2.03. The number of hydrogen-bond donors (Lipinski definition) is 3. The Bertz CT molecular complexity index is 1320. The molecule has 0 unspecified atom stereocenters. The normalized spacial score (nSPS) is 14.1. The molecule has 2 aromatic carbocycles. The molecule has 0 bridgehead atoms. The van der Waals surface area contributed by atoms with Gasteiger partial charge in [-0.05, 0) is 31.0 Å². The van der Waals surface area contributed by atoms with Crippen LogP contribution < -0.4 is 21.8 Å². The zero-order valence-electron chi connectivity index (χ0n) is 16.5. The molecule has 1 aromatic heterocycles. The molecule has 0 spiro atoms. The molecule has 1 aliphatic rings. The SMILES string of the molecule is NCCC1CN(c2c(F)cc3c(=O)c(C(=O)O)cn(-c4cc(N)c(F)cc4F)c3c2Cl)C1. The van der Waals surface area contributed by atoms with Gasteiger partial charge in [-0.1, -0.05) is 11.6 Å². The van der Waals surface area contributed by atoms with Crippen molar-refractivity contribution in [3.05, 3.63) is 62.7 Å². The number of anilines is 2. The molecule has 11 heteroatoms. The fourth-order valence-electron chi connectivity index (χ4n) is 3.95. The average Bonchev–Trinajstić information content (AvgIpc) is 2.69. The predicted octanol–water partition coefficient (Wildman–Crippen LogP) is 3.13. The molecule has 0 amide bonds. The van der Waals surface area contributed by atoms with Crippen molar-refractivity contribution in [2.75, 3.05) is 30.3 Å². The van der Waals surface area contributed by atoms with E-state index in [1.807, 2.05) is 0 Å². The quantitative estimate of drug-likeness (QED) is 0.498. The average molecular weight is 467 g/mol. The van der Waals surface area contributed by atoms with E-state index < -0.39 is 40.1 Å². The number of nitrogens with zero attached hydrogens (tertiary/aromatic N) is 2. The number of fused-ring (bicyclic) bond motifs is 1. The van der Waals surface area contributed by atoms with Gasteiger partial charge in [-0.15, -0.1) is 0 Å². The maximum Gasteiger partial charge on any atom is 0.341 e. The highest BCUT2D eigenvalue weighted by Gasteiger charge is 2.32. The van der Waals surface area contributed by atoms with E-state index >= 15 is 4.39 Å². The summed E-state index contributed by atoms with van der Waals surface area (Å²) in [4.78, 5) is 26.0. The number of carboxylic acid groups (broad SMARTS) is 1. The summed E-state index contributed by atoms with van der Waals surface area (Å²) < 4.78 is 44.4. The van der Waals surface area contributed by atoms with Crippen LogP contribution in [0.2, 0.25) is 5.02 Å². The number of nitrogen functional groups attached to an aromatic ring is 1. The zero-order valence-corrected chi connectivity index (χ0v) is 17.3. The minimum atomic E-state index is -1.60. The van der Waals surface area contributed by atoms with Gasteiger partial charge >= 0.3 is 5.97 Å². The summed E-state index contributed by atoms with van der Waals surface area (Å²) in [6.07, 6.45) is 1.61. The topological polar surface area (TPSA) is 115 Å². The van der Waals surface area contributed by atoms with E-state index in [-0.39, 0.29) is 33.2 Å². The molecular weight excluding hydrogens is 449 g/mol. The third-order valence-electron chi connectivity index (χ3n) is 5.56. The van der Waals surface area contributed by atoms with Crippen LogP contribution in [0.5, 0.6) is 0 Å². The van der Waals surface area contributed by atoms with Gasteiger partial charge in [0.2, 0.25) is 5.43 Å². The van der Waals surface area contributed by atoms with Gasteiger partial charge in [0.1, 0.15) is 23.0 Å². The number of carboxylic acids is 1. The monoisotopic (exact) mass is 466 g/mol. The number of rotatable bonds is 5. The smallest absolute Gasteiger partial charge is 0.341 e. The van der Waals surface area contributed by atoms with Gasteiger partial charge in [0, 0.05) is 25.4 Å². The number of pyridine rings is 1. The molecule has 32 heavy (non-hydrogen) atoms. The lowest BCUT2D eigenvalue weighted by molar-refractivity contribution is 0.0695. The van der Waals surface area contributed by atoms with Crippen molar-refractivity contribution in [2.24, 2.45) is 11.7 Å². The lowest BCUT2D eigenvalue weighted by atomic mass is 9.95. The number of aromatic nitrogens is 1. The van der Waals surface area contributed by atoms with Crippen molar-refractivity contribution >= 4 is 39.8 Å². The Labute approximate surface area is 184 Å². The molecule has 1 fully saturated rings. The van der Waals surface area contributed by atoms with Gasteiger partial charge in [-0.25, -0.2) is 18.0 Å². The third kappa shape index (κ3) is 3.45. The van der Waals surface area contributed by atoms with Crippen LogP contribution >= 0.6 is 11.6 Å². The van der Waals surface area contributed by atoms with E-state index in [9.17, 15) is 23.5 Å². The van der Waals surface area contributed by atoms with Crippen LogP contribution in [-0.4, -0.2) is 35.3 Å². The number of halogens is 4. The second kappa shape index (κ2) is 8.03. The summed E-state index contributed by atoms with van der Waals surface area (Å²) in [6.45, 7) is 1.44. The number of carbonyl (C=O) groups is 1. The number of benzene rings is 2. The van der Waals surface area contributed by atoms with E-state index in [4.69, 9.17) is 23.1 Å². The van der Waals surface area contributed by atoms with E-state index in [2.05, 4.69) is 0 Å². The van der Waals surface area contributed by atoms with Gasteiger partial charge in [0.15, 0.2) is 0 Å². The molecule has 168 valence electrons. The second-order valence-electron chi connectivity index (χ2n) is 7.64. The fourth-order valence-corrected chi connectivity index (χ4v) is 4.35. The molecule has 1 aliphatic heterocycles. The minimum absolute atomic E-state index is 0.000783. The molecule has 1 saturated heterocycles. The molecule has 7 nitrogen and oxygen atoms in total. The van der Waals surface area contributed by atoms with Gasteiger partial charge in [0.05, 0.1) is 33.0 Å². The van der Waals surface area contributed by atoms with Gasteiger partial charge in [-0.3, -0.25) is 4.79 Å². The summed E-state index contributed by atoms with van der Waals surface area (Å²) in [7, 11) is 0. The number of aromatic carboxylic acids is 1. The maximum absolute atomic E-state index is 15.0. The zero-order chi connectivity index (χ0) is 23.3. The second-order valence-corrected chi connectivity index (χ2v) is 8.02. The third-order valence-corrected chi connectivity index (χ3v) is 5.92. The van der Waals surface area contributed by atoms with Crippen molar-refractivity contribution < 1.29 is 23.1 Å². The van der Waals surface area contributed by atoms with Crippen molar-refractivity contribution in [3.63, 3.8) is 0 Å². The van der Waals surface area contributed by atoms with Crippen molar-refractivity contribution in [1.29, 1.82) is 0 Å². The Morgan fingerprint density at radius 2 is 1.84 bits per heavy atom. The van der Waals surface area contributed by atoms with E-state index in [1.54, 1.807) is 4.90 Å². The van der Waals surface area contributed by atoms with Gasteiger partial charge in [-0.2, -0.15) is 0 Å². The van der Waals surface area contributed by atoms with Crippen LogP contribution in [0.3, 0.4) is 0 Å². The van der Waals surface area contributed by atoms with E-state index in [0.717, 1.165) is 29.3 Å². The molecular formula is C21H18ClF3N4O3. The highest BCUT2D eigenvalue weighted by Crippen LogP contribution is 2.40. The molecule has 0 atom stereocenters. The number of nitrogens with two attached hydrogens (primary N) is 2. The van der Waals surface area contributed by atoms with Crippen molar-refractivity contribution in [2.45, 2.75) is 6.42 Å². The van der Waals surface area contributed by atoms with Crippen LogP contribution in [0, 0.1) is 23.4 Å². The summed E-state index contributed by atoms with van der Waals surface area (Å²) in [6, 6.07) is 2.35. The first-order valence-electron chi connectivity index (χ1n) is 9.64. The van der Waals surface area contributed by atoms with Crippen molar-refractivity contribution in [1.82, 2.24) is 4.57 Å². The molecule has 0 aliphatic carbocycles. The first-order valence-corrected chi connectivity index (χ1v) is 10.0. The molecule has 0 radical (unpaired) electrons. The first-order chi connectivity index (χ1) is 15.1. The summed E-state index contributed by atoms with van der Waals surface area (Å²) >= 11 is 6.52. The van der Waals surface area contributed by atoms with Gasteiger partial charge < -0.3 is 26.0 Å². The Morgan fingerprint density at radius 1 is 1.16 bits per heavy atom. The van der Waals surface area contributed by atoms with E-state index in [0.29, 0.717) is 25.7 Å². The molecule has 0 saturated carbocycles. The Hall–Kier alpha value is -3.24. The summed E-state index contributed by atoms with van der Waals surface area (Å²) in [5.74, 6) is -4.27. The molecule has 4 rings (SSSR count). The molecule has 3 aromatic rings. The lowest BCUT2D eigenvalue weighted by Gasteiger charge is -2.41. The summed E-state index contributed by atoms with van der Waals surface area (Å²) in [5.41, 5.74) is 8.52. The molecule has 5 N–H and O–H groups in total. The van der Waals surface area contributed by atoms with Crippen LogP contribution in [0.25, 0.3) is 16.6 Å². The molecule has 2 heterocycles. The first kappa shape index (κ1) is 22.0. The Morgan fingerprint density at radius 3 is 2.47 bits per heavy atom. The largest absolute Gasteiger partial charge is 0.477 e. The van der Waals surface area contributed by atoms with Crippen LogP contribution in [0.1, 0.15) is 16.8 Å². The van der Waals surface area contributed by atoms with Crippen LogP contribution in [-0.2, 0) is 0 Å². The van der Waals surface area contributed by atoms with E-state index in [1.165, 1.54) is 0 Å². The minimum Gasteiger partial charge on any atom is -0.477 e. The van der Waals surface area contributed by atoms with Crippen molar-refractivity contribution in [3.8, 4) is 5.69 Å². The lowest BCUT2D eigenvalue weighted by Crippen LogP contribution is -2.48. The fraction of sp³-hybridized carbons (Fsp3) is 0.238. The standard InChI is InChI=1S/C21H18ClF3N4O3/c22-17-18-10(3-14(25)19(17)28-6-9(7-28)1-2-26)20(30)11(21(31)32)8-29(18)16-5-15(27)12(23)4-13(16)24/h3-5,8-9H,1-2,6-7,26-27H2,(H,31,32). The van der Waals surface area contributed by atoms with Crippen LogP contribution in [0.15, 0.2) is 29.2 Å². The highest BCUT2D eigenvalue weighted by atomic mass is 35.5. The van der Waals surface area contributed by atoms with Crippen LogP contribution in [0.4, 0.5) is 24.5 Å². The number of hydrogen-bond acceptors (Lipinski definition) is 5. The summed E-state index contributed by atoms with van der Waals surface area (Å²) in [5, 5.41) is 8.87.